The smallest absolute Gasteiger partial charge is 0.335 e. The van der Waals surface area contributed by atoms with Gasteiger partial charge in [0, 0.05) is 13.1 Å². The van der Waals surface area contributed by atoms with Crippen molar-refractivity contribution in [3.8, 4) is 0 Å². The lowest BCUT2D eigenvalue weighted by Crippen LogP contribution is -2.43. The van der Waals surface area contributed by atoms with Gasteiger partial charge < -0.3 is 10.0 Å². The van der Waals surface area contributed by atoms with Gasteiger partial charge in [-0.2, -0.15) is 0 Å². The van der Waals surface area contributed by atoms with E-state index in [0.29, 0.717) is 13.1 Å². The molecule has 178 valence electrons. The third-order valence-electron chi connectivity index (χ3n) is 6.02. The van der Waals surface area contributed by atoms with Gasteiger partial charge in [0.2, 0.25) is 5.91 Å². The zero-order valence-electron chi connectivity index (χ0n) is 20.1. The van der Waals surface area contributed by atoms with E-state index >= 15 is 0 Å². The normalized spacial score (nSPS) is 11.9. The first-order valence-corrected chi connectivity index (χ1v) is 12.0. The molecule has 0 spiro atoms. The van der Waals surface area contributed by atoms with Crippen molar-refractivity contribution < 1.29 is 14.7 Å². The van der Waals surface area contributed by atoms with E-state index in [1.807, 2.05) is 65.6 Å². The van der Waals surface area contributed by atoms with Gasteiger partial charge in [0.25, 0.3) is 0 Å². The monoisotopic (exact) mass is 458 g/mol. The number of aromatic carboxylic acids is 1. The van der Waals surface area contributed by atoms with Crippen molar-refractivity contribution >= 4 is 11.9 Å². The average molecular weight is 459 g/mol. The summed E-state index contributed by atoms with van der Waals surface area (Å²) in [6.07, 6.45) is 2.09. The maximum atomic E-state index is 14.2. The van der Waals surface area contributed by atoms with Crippen molar-refractivity contribution in [1.82, 2.24) is 9.80 Å². The van der Waals surface area contributed by atoms with Crippen molar-refractivity contribution in [2.75, 3.05) is 13.1 Å². The number of benzene rings is 3. The quantitative estimate of drug-likeness (QED) is 0.374. The number of carboxylic acid groups (broad SMARTS) is 1. The molecule has 0 saturated carbocycles. The lowest BCUT2D eigenvalue weighted by Gasteiger charge is -2.35. The Labute approximate surface area is 202 Å². The largest absolute Gasteiger partial charge is 0.478 e. The van der Waals surface area contributed by atoms with Crippen LogP contribution in [0.2, 0.25) is 0 Å². The third-order valence-corrected chi connectivity index (χ3v) is 6.02. The topological polar surface area (TPSA) is 60.9 Å². The summed E-state index contributed by atoms with van der Waals surface area (Å²) in [5.41, 5.74) is 3.19. The van der Waals surface area contributed by atoms with Crippen LogP contribution in [0.4, 0.5) is 0 Å². The van der Waals surface area contributed by atoms with Crippen LogP contribution in [0.5, 0.6) is 0 Å². The van der Waals surface area contributed by atoms with E-state index in [9.17, 15) is 14.7 Å². The summed E-state index contributed by atoms with van der Waals surface area (Å²) in [7, 11) is 0. The van der Waals surface area contributed by atoms with E-state index < -0.39 is 5.97 Å². The highest BCUT2D eigenvalue weighted by atomic mass is 16.4. The molecule has 0 aromatic heterocycles. The average Bonchev–Trinajstić information content (AvgIpc) is 2.87. The number of hydrogen-bond acceptors (Lipinski definition) is 3. The van der Waals surface area contributed by atoms with Crippen LogP contribution >= 0.6 is 0 Å². The van der Waals surface area contributed by atoms with Gasteiger partial charge in [0.15, 0.2) is 0 Å². The van der Waals surface area contributed by atoms with Gasteiger partial charge in [-0.3, -0.25) is 9.69 Å². The summed E-state index contributed by atoms with van der Waals surface area (Å²) in [5.74, 6) is -0.905. The van der Waals surface area contributed by atoms with Gasteiger partial charge in [0.05, 0.1) is 5.56 Å². The predicted octanol–water partition coefficient (Wildman–Crippen LogP) is 5.78. The Hall–Kier alpha value is -3.44. The number of carbonyl (C=O) groups is 2. The van der Waals surface area contributed by atoms with Crippen molar-refractivity contribution in [2.45, 2.75) is 45.8 Å². The Kier molecular flexibility index (Phi) is 9.41. The summed E-state index contributed by atoms with van der Waals surface area (Å²) in [6, 6.07) is 26.4. The van der Waals surface area contributed by atoms with Crippen molar-refractivity contribution in [3.05, 3.63) is 107 Å². The SMILES string of the molecule is CCCCN(CC)[C@@H](C(=O)N(Cc1ccccc1)Cc1ccc(C(=O)O)cc1)c1ccccc1. The van der Waals surface area contributed by atoms with Crippen molar-refractivity contribution in [1.29, 1.82) is 0 Å². The number of unbranched alkanes of at least 4 members (excludes halogenated alkanes) is 1. The van der Waals surface area contributed by atoms with E-state index in [1.54, 1.807) is 24.3 Å². The Morgan fingerprint density at radius 2 is 1.35 bits per heavy atom. The highest BCUT2D eigenvalue weighted by Gasteiger charge is 2.30. The molecule has 3 aromatic carbocycles. The van der Waals surface area contributed by atoms with Gasteiger partial charge in [-0.15, -0.1) is 0 Å². The first-order chi connectivity index (χ1) is 16.5. The maximum absolute atomic E-state index is 14.2. The zero-order chi connectivity index (χ0) is 24.3. The van der Waals surface area contributed by atoms with E-state index in [-0.39, 0.29) is 17.5 Å². The number of amides is 1. The summed E-state index contributed by atoms with van der Waals surface area (Å²) in [5, 5.41) is 9.23. The lowest BCUT2D eigenvalue weighted by atomic mass is 10.0. The number of likely N-dealkylation sites (N-methyl/N-ethyl adjacent to an activating group) is 1. The Morgan fingerprint density at radius 3 is 1.88 bits per heavy atom. The zero-order valence-corrected chi connectivity index (χ0v) is 20.1. The number of carbonyl (C=O) groups excluding carboxylic acids is 1. The minimum absolute atomic E-state index is 0.0512. The molecular formula is C29H34N2O3. The van der Waals surface area contributed by atoms with E-state index in [2.05, 4.69) is 18.7 Å². The lowest BCUT2D eigenvalue weighted by molar-refractivity contribution is -0.138. The van der Waals surface area contributed by atoms with Crippen molar-refractivity contribution in [3.63, 3.8) is 0 Å². The van der Waals surface area contributed by atoms with E-state index in [4.69, 9.17) is 0 Å². The molecule has 0 heterocycles. The minimum Gasteiger partial charge on any atom is -0.478 e. The highest BCUT2D eigenvalue weighted by molar-refractivity contribution is 5.87. The van der Waals surface area contributed by atoms with Gasteiger partial charge >= 0.3 is 5.97 Å². The molecule has 3 aromatic rings. The number of nitrogens with zero attached hydrogens (tertiary/aromatic N) is 2. The minimum atomic E-state index is -0.956. The maximum Gasteiger partial charge on any atom is 0.335 e. The molecule has 5 nitrogen and oxygen atoms in total. The van der Waals surface area contributed by atoms with Gasteiger partial charge in [-0.1, -0.05) is 93.1 Å². The molecule has 3 rings (SSSR count). The molecule has 0 fully saturated rings. The second-order valence-corrected chi connectivity index (χ2v) is 8.48. The molecule has 0 saturated heterocycles. The van der Waals surface area contributed by atoms with Gasteiger partial charge in [0.1, 0.15) is 6.04 Å². The first kappa shape index (κ1) is 25.2. The van der Waals surface area contributed by atoms with Crippen LogP contribution in [0, 0.1) is 0 Å². The molecule has 0 radical (unpaired) electrons. The van der Waals surface area contributed by atoms with Gasteiger partial charge in [-0.25, -0.2) is 4.79 Å². The summed E-state index contributed by atoms with van der Waals surface area (Å²) >= 11 is 0. The predicted molar refractivity (Wildman–Crippen MR) is 135 cm³/mol. The number of hydrogen-bond donors (Lipinski definition) is 1. The summed E-state index contributed by atoms with van der Waals surface area (Å²) in [6.45, 7) is 6.78. The molecule has 0 bridgehead atoms. The summed E-state index contributed by atoms with van der Waals surface area (Å²) < 4.78 is 0. The first-order valence-electron chi connectivity index (χ1n) is 12.0. The molecule has 0 aliphatic rings. The number of carboxylic acids is 1. The second-order valence-electron chi connectivity index (χ2n) is 8.48. The second kappa shape index (κ2) is 12.7. The Balaban J connectivity index is 1.96. The Morgan fingerprint density at radius 1 is 0.794 bits per heavy atom. The van der Waals surface area contributed by atoms with Gasteiger partial charge in [-0.05, 0) is 48.3 Å². The fraction of sp³-hybridized carbons (Fsp3) is 0.310. The molecular weight excluding hydrogens is 424 g/mol. The number of rotatable bonds is 12. The van der Waals surface area contributed by atoms with Crippen LogP contribution in [-0.4, -0.2) is 39.9 Å². The fourth-order valence-corrected chi connectivity index (χ4v) is 4.14. The molecule has 0 aliphatic heterocycles. The molecule has 34 heavy (non-hydrogen) atoms. The van der Waals surface area contributed by atoms with Crippen molar-refractivity contribution in [2.24, 2.45) is 0 Å². The fourth-order valence-electron chi connectivity index (χ4n) is 4.14. The summed E-state index contributed by atoms with van der Waals surface area (Å²) in [4.78, 5) is 29.6. The molecule has 1 atom stereocenters. The van der Waals surface area contributed by atoms with E-state index in [1.165, 1.54) is 0 Å². The molecule has 0 aliphatic carbocycles. The third kappa shape index (κ3) is 6.78. The molecule has 0 unspecified atom stereocenters. The van der Waals surface area contributed by atoms with Crippen LogP contribution in [0.1, 0.15) is 59.8 Å². The molecule has 5 heteroatoms. The van der Waals surface area contributed by atoms with Crippen LogP contribution < -0.4 is 0 Å². The van der Waals surface area contributed by atoms with E-state index in [0.717, 1.165) is 42.6 Å². The molecule has 1 amide bonds. The van der Waals surface area contributed by atoms with Crippen LogP contribution in [0.3, 0.4) is 0 Å². The Bertz CT molecular complexity index is 1040. The molecule has 1 N–H and O–H groups in total. The highest BCUT2D eigenvalue weighted by Crippen LogP contribution is 2.26. The van der Waals surface area contributed by atoms with Crippen LogP contribution in [-0.2, 0) is 17.9 Å². The standard InChI is InChI=1S/C29H34N2O3/c1-3-5-20-30(4-2)27(25-14-10-7-11-15-25)28(32)31(21-23-12-8-6-9-13-23)22-24-16-18-26(19-17-24)29(33)34/h6-19,27H,3-5,20-22H2,1-2H3,(H,33,34)/t27-/m1/s1. The van der Waals surface area contributed by atoms with Crippen LogP contribution in [0.15, 0.2) is 84.9 Å². The van der Waals surface area contributed by atoms with Crippen LogP contribution in [0.25, 0.3) is 0 Å².